The van der Waals surface area contributed by atoms with Crippen LogP contribution >= 0.6 is 0 Å². The minimum Gasteiger partial charge on any atom is -0.481 e. The van der Waals surface area contributed by atoms with E-state index >= 15 is 0 Å². The third-order valence-corrected chi connectivity index (χ3v) is 5.38. The van der Waals surface area contributed by atoms with Gasteiger partial charge < -0.3 is 14.6 Å². The van der Waals surface area contributed by atoms with Crippen molar-refractivity contribution < 1.29 is 32.5 Å². The first-order chi connectivity index (χ1) is 8.86. The van der Waals surface area contributed by atoms with Crippen molar-refractivity contribution in [2.75, 3.05) is 0 Å². The van der Waals surface area contributed by atoms with E-state index in [2.05, 4.69) is 0 Å². The lowest BCUT2D eigenvalue weighted by Crippen LogP contribution is -2.57. The lowest BCUT2D eigenvalue weighted by atomic mass is 9.61. The van der Waals surface area contributed by atoms with Gasteiger partial charge in [-0.3, -0.25) is 4.79 Å². The Balaban J connectivity index is 1.77. The van der Waals surface area contributed by atoms with Crippen LogP contribution in [0.3, 0.4) is 0 Å². The second-order valence-corrected chi connectivity index (χ2v) is 6.02. The van der Waals surface area contributed by atoms with Gasteiger partial charge in [-0.2, -0.15) is 13.2 Å². The highest BCUT2D eigenvalue weighted by Crippen LogP contribution is 2.65. The number of carboxylic acids is 1. The maximum Gasteiger partial charge on any atom is 0.407 e. The molecule has 7 atom stereocenters. The Labute approximate surface area is 106 Å². The van der Waals surface area contributed by atoms with Crippen LogP contribution in [0, 0.1) is 17.3 Å². The van der Waals surface area contributed by atoms with Crippen LogP contribution in [-0.4, -0.2) is 41.7 Å². The van der Waals surface area contributed by atoms with E-state index in [0.717, 1.165) is 6.42 Å². The molecule has 19 heavy (non-hydrogen) atoms. The van der Waals surface area contributed by atoms with Crippen LogP contribution in [0.4, 0.5) is 13.2 Å². The summed E-state index contributed by atoms with van der Waals surface area (Å²) in [5.74, 6) is -2.26. The summed E-state index contributed by atoms with van der Waals surface area (Å²) in [5, 5.41) is 9.17. The number of aliphatic carboxylic acids is 1. The molecule has 0 aromatic heterocycles. The Morgan fingerprint density at radius 3 is 2.32 bits per heavy atom. The molecule has 4 aliphatic rings. The summed E-state index contributed by atoms with van der Waals surface area (Å²) >= 11 is 0. The minimum atomic E-state index is -4.79. The van der Waals surface area contributed by atoms with Crippen molar-refractivity contribution in [1.82, 2.24) is 0 Å². The van der Waals surface area contributed by atoms with Crippen LogP contribution in [0.25, 0.3) is 0 Å². The van der Waals surface area contributed by atoms with Gasteiger partial charge in [0.1, 0.15) is 0 Å². The van der Waals surface area contributed by atoms with Gasteiger partial charge in [-0.15, -0.1) is 0 Å². The van der Waals surface area contributed by atoms with E-state index in [-0.39, 0.29) is 18.1 Å². The summed E-state index contributed by atoms with van der Waals surface area (Å²) in [4.78, 5) is 11.3. The molecule has 0 aliphatic carbocycles. The molecule has 106 valence electrons. The molecule has 4 nitrogen and oxygen atoms in total. The van der Waals surface area contributed by atoms with E-state index < -0.39 is 42.1 Å². The topological polar surface area (TPSA) is 55.8 Å². The largest absolute Gasteiger partial charge is 0.481 e. The van der Waals surface area contributed by atoms with Crippen LogP contribution in [-0.2, 0) is 14.3 Å². The zero-order valence-electron chi connectivity index (χ0n) is 9.89. The summed E-state index contributed by atoms with van der Waals surface area (Å²) in [6.07, 6.45) is -5.89. The molecule has 4 rings (SSSR count). The van der Waals surface area contributed by atoms with Crippen molar-refractivity contribution in [3.05, 3.63) is 0 Å². The first-order valence-electron chi connectivity index (χ1n) is 6.47. The van der Waals surface area contributed by atoms with Crippen molar-refractivity contribution in [2.24, 2.45) is 17.3 Å². The molecule has 7 unspecified atom stereocenters. The zero-order chi connectivity index (χ0) is 13.6. The number of carboxylic acid groups (broad SMARTS) is 1. The highest BCUT2D eigenvalue weighted by molar-refractivity contribution is 5.77. The number of halogens is 3. The van der Waals surface area contributed by atoms with Crippen LogP contribution in [0.5, 0.6) is 0 Å². The molecular formula is C12H13F3O4. The Morgan fingerprint density at radius 2 is 1.74 bits per heavy atom. The van der Waals surface area contributed by atoms with Gasteiger partial charge in [-0.05, 0) is 12.8 Å². The predicted molar refractivity (Wildman–Crippen MR) is 54.3 cm³/mol. The molecule has 7 heteroatoms. The number of carbonyl (C=O) groups is 1. The van der Waals surface area contributed by atoms with Crippen LogP contribution in [0.2, 0.25) is 0 Å². The van der Waals surface area contributed by atoms with Crippen LogP contribution < -0.4 is 0 Å². The standard InChI is InChI=1S/C12H13F3O4/c13-12(14,15)11(10(16)17)3-6-7-4-1-2-5(18-4)8(7)9(11)19-6/h4-9H,1-3H2,(H,16,17). The lowest BCUT2D eigenvalue weighted by molar-refractivity contribution is -0.249. The maximum absolute atomic E-state index is 13.3. The Hall–Kier alpha value is -0.820. The smallest absolute Gasteiger partial charge is 0.407 e. The van der Waals surface area contributed by atoms with Gasteiger partial charge in [0.2, 0.25) is 0 Å². The van der Waals surface area contributed by atoms with Crippen molar-refractivity contribution in [3.63, 3.8) is 0 Å². The highest BCUT2D eigenvalue weighted by atomic mass is 19.4. The zero-order valence-corrected chi connectivity index (χ0v) is 9.89. The van der Waals surface area contributed by atoms with E-state index in [1.54, 1.807) is 0 Å². The van der Waals surface area contributed by atoms with Crippen molar-refractivity contribution in [2.45, 2.75) is 49.9 Å². The molecule has 4 bridgehead atoms. The fraction of sp³-hybridized carbons (Fsp3) is 0.917. The number of hydrogen-bond donors (Lipinski definition) is 1. The predicted octanol–water partition coefficient (Wildman–Crippen LogP) is 1.58. The van der Waals surface area contributed by atoms with E-state index in [0.29, 0.717) is 6.42 Å². The van der Waals surface area contributed by atoms with Crippen LogP contribution in [0.15, 0.2) is 0 Å². The molecule has 1 N–H and O–H groups in total. The SMILES string of the molecule is O=C(O)C1(C(F)(F)F)CC2OC1C1C3CCC(O3)C21. The third-order valence-electron chi connectivity index (χ3n) is 5.38. The molecule has 0 aromatic rings. The minimum absolute atomic E-state index is 0.0370. The van der Waals surface area contributed by atoms with Gasteiger partial charge in [0, 0.05) is 18.3 Å². The normalized spacial score (nSPS) is 54.7. The molecule has 0 amide bonds. The molecule has 4 aliphatic heterocycles. The van der Waals surface area contributed by atoms with Crippen molar-refractivity contribution >= 4 is 5.97 Å². The summed E-state index contributed by atoms with van der Waals surface area (Å²) in [5.41, 5.74) is -2.74. The number of hydrogen-bond acceptors (Lipinski definition) is 3. The van der Waals surface area contributed by atoms with Gasteiger partial charge >= 0.3 is 12.1 Å². The Bertz CT molecular complexity index is 451. The molecule has 0 saturated carbocycles. The first-order valence-corrected chi connectivity index (χ1v) is 6.47. The maximum atomic E-state index is 13.3. The number of fused-ring (bicyclic) bond motifs is 9. The lowest BCUT2D eigenvalue weighted by Gasteiger charge is -2.40. The molecule has 0 aromatic carbocycles. The third kappa shape index (κ3) is 1.17. The second-order valence-electron chi connectivity index (χ2n) is 6.02. The van der Waals surface area contributed by atoms with Crippen molar-refractivity contribution in [3.8, 4) is 0 Å². The number of ether oxygens (including phenoxy) is 2. The molecule has 0 spiro atoms. The average molecular weight is 278 g/mol. The summed E-state index contributed by atoms with van der Waals surface area (Å²) < 4.78 is 51.1. The van der Waals surface area contributed by atoms with E-state index in [1.807, 2.05) is 0 Å². The van der Waals surface area contributed by atoms with E-state index in [1.165, 1.54) is 0 Å². The fourth-order valence-corrected chi connectivity index (χ4v) is 4.67. The van der Waals surface area contributed by atoms with E-state index in [4.69, 9.17) is 9.47 Å². The fourth-order valence-electron chi connectivity index (χ4n) is 4.67. The molecule has 4 fully saturated rings. The van der Waals surface area contributed by atoms with Gasteiger partial charge in [-0.1, -0.05) is 0 Å². The average Bonchev–Trinajstić information content (AvgIpc) is 3.04. The summed E-state index contributed by atoms with van der Waals surface area (Å²) in [6.45, 7) is 0. The quantitative estimate of drug-likeness (QED) is 0.791. The van der Waals surface area contributed by atoms with Gasteiger partial charge in [0.15, 0.2) is 5.41 Å². The van der Waals surface area contributed by atoms with Gasteiger partial charge in [0.05, 0.1) is 24.4 Å². The molecule has 4 heterocycles. The summed E-state index contributed by atoms with van der Waals surface area (Å²) in [7, 11) is 0. The highest BCUT2D eigenvalue weighted by Gasteiger charge is 2.79. The van der Waals surface area contributed by atoms with Gasteiger partial charge in [0.25, 0.3) is 0 Å². The monoisotopic (exact) mass is 278 g/mol. The molecule has 0 radical (unpaired) electrons. The summed E-state index contributed by atoms with van der Waals surface area (Å²) in [6, 6.07) is 0. The molecule has 4 saturated heterocycles. The Morgan fingerprint density at radius 1 is 1.11 bits per heavy atom. The second kappa shape index (κ2) is 3.25. The number of rotatable bonds is 1. The number of alkyl halides is 3. The van der Waals surface area contributed by atoms with Crippen LogP contribution in [0.1, 0.15) is 19.3 Å². The van der Waals surface area contributed by atoms with E-state index in [9.17, 15) is 23.1 Å². The first kappa shape index (κ1) is 12.0. The molecular weight excluding hydrogens is 265 g/mol. The Kier molecular flexibility index (Phi) is 2.05. The van der Waals surface area contributed by atoms with Gasteiger partial charge in [-0.25, -0.2) is 0 Å². The van der Waals surface area contributed by atoms with Crippen molar-refractivity contribution in [1.29, 1.82) is 0 Å².